The van der Waals surface area contributed by atoms with Crippen LogP contribution in [0, 0.1) is 6.07 Å². The molecule has 1 saturated heterocycles. The Kier molecular flexibility index (Phi) is 5.43. The lowest BCUT2D eigenvalue weighted by Crippen LogP contribution is -2.51. The van der Waals surface area contributed by atoms with Gasteiger partial charge in [-0.15, -0.1) is 0 Å². The number of rotatable bonds is 5. The molecule has 0 aromatic heterocycles. The van der Waals surface area contributed by atoms with Gasteiger partial charge >= 0.3 is 0 Å². The van der Waals surface area contributed by atoms with Gasteiger partial charge < -0.3 is 4.79 Å². The molecule has 3 nitrogen and oxygen atoms in total. The first kappa shape index (κ1) is 14.6. The number of carbonyl (C=O) groups excluding carboxylic acids is 1. The zero-order chi connectivity index (χ0) is 13.7. The summed E-state index contributed by atoms with van der Waals surface area (Å²) in [7, 11) is 0. The third kappa shape index (κ3) is 4.06. The number of piperazine rings is 1. The topological polar surface area (TPSA) is 23.6 Å². The molecule has 2 rings (SSSR count). The minimum Gasteiger partial charge on any atom is -0.301 e. The van der Waals surface area contributed by atoms with Crippen LogP contribution in [0.3, 0.4) is 0 Å². The second-order valence-electron chi connectivity index (χ2n) is 5.05. The highest BCUT2D eigenvalue weighted by molar-refractivity contribution is 8.00. The van der Waals surface area contributed by atoms with E-state index < -0.39 is 0 Å². The monoisotopic (exact) mass is 277 g/mol. The summed E-state index contributed by atoms with van der Waals surface area (Å²) in [4.78, 5) is 17.2. The van der Waals surface area contributed by atoms with Crippen molar-refractivity contribution in [3.63, 3.8) is 0 Å². The van der Waals surface area contributed by atoms with E-state index in [9.17, 15) is 4.79 Å². The summed E-state index contributed by atoms with van der Waals surface area (Å²) in [6, 6.07) is 11.4. The Morgan fingerprint density at radius 2 is 1.74 bits per heavy atom. The number of hydrogen-bond donors (Lipinski definition) is 0. The van der Waals surface area contributed by atoms with Crippen molar-refractivity contribution in [1.29, 1.82) is 0 Å². The van der Waals surface area contributed by atoms with E-state index >= 15 is 0 Å². The molecule has 1 aliphatic rings. The maximum absolute atomic E-state index is 11.3. The van der Waals surface area contributed by atoms with Gasteiger partial charge in [0.15, 0.2) is 0 Å². The van der Waals surface area contributed by atoms with E-state index in [0.29, 0.717) is 6.04 Å². The van der Waals surface area contributed by atoms with Crippen LogP contribution >= 0.6 is 11.8 Å². The predicted molar refractivity (Wildman–Crippen MR) is 79.3 cm³/mol. The quantitative estimate of drug-likeness (QED) is 0.608. The van der Waals surface area contributed by atoms with Crippen LogP contribution in [-0.2, 0) is 4.79 Å². The summed E-state index contributed by atoms with van der Waals surface area (Å²) in [5.74, 6) is 0. The zero-order valence-electron chi connectivity index (χ0n) is 11.6. The lowest BCUT2D eigenvalue weighted by atomic mass is 10.2. The first-order valence-electron chi connectivity index (χ1n) is 6.77. The standard InChI is InChI=1S/C15H21N2OS/c1-13(2)16-8-10-17(11-9-16)15(12-18)19-14-6-4-3-5-7-14/h4-7,12-13,15H,8-11H2,1-2H3. The van der Waals surface area contributed by atoms with Crippen molar-refractivity contribution in [3.8, 4) is 0 Å². The molecule has 0 amide bonds. The molecule has 1 aromatic carbocycles. The van der Waals surface area contributed by atoms with Gasteiger partial charge in [0.05, 0.1) is 0 Å². The summed E-state index contributed by atoms with van der Waals surface area (Å²) in [6.45, 7) is 8.47. The summed E-state index contributed by atoms with van der Waals surface area (Å²) < 4.78 is 0. The van der Waals surface area contributed by atoms with Crippen LogP contribution in [0.5, 0.6) is 0 Å². The van der Waals surface area contributed by atoms with E-state index in [1.165, 1.54) is 0 Å². The highest BCUT2D eigenvalue weighted by Gasteiger charge is 2.25. The minimum absolute atomic E-state index is 0.0725. The largest absolute Gasteiger partial charge is 0.301 e. The average Bonchev–Trinajstić information content (AvgIpc) is 2.46. The van der Waals surface area contributed by atoms with Gasteiger partial charge in [0.1, 0.15) is 11.7 Å². The Labute approximate surface area is 120 Å². The molecule has 0 aliphatic carbocycles. The normalized spacial score (nSPS) is 19.5. The van der Waals surface area contributed by atoms with Crippen LogP contribution in [0.15, 0.2) is 29.2 Å². The fourth-order valence-corrected chi connectivity index (χ4v) is 3.27. The van der Waals surface area contributed by atoms with Crippen LogP contribution in [-0.4, -0.2) is 53.7 Å². The van der Waals surface area contributed by atoms with Gasteiger partial charge in [-0.3, -0.25) is 9.80 Å². The van der Waals surface area contributed by atoms with Crippen LogP contribution in [0.1, 0.15) is 13.8 Å². The Balaban J connectivity index is 1.91. The molecule has 1 unspecified atom stereocenters. The summed E-state index contributed by atoms with van der Waals surface area (Å²) in [5.41, 5.74) is 0. The van der Waals surface area contributed by atoms with Gasteiger partial charge in [0.25, 0.3) is 0 Å². The molecule has 1 atom stereocenters. The molecule has 0 N–H and O–H groups in total. The summed E-state index contributed by atoms with van der Waals surface area (Å²) in [5, 5.41) is -0.0725. The Morgan fingerprint density at radius 1 is 1.16 bits per heavy atom. The van der Waals surface area contributed by atoms with Gasteiger partial charge in [-0.25, -0.2) is 0 Å². The summed E-state index contributed by atoms with van der Waals surface area (Å²) >= 11 is 1.62. The van der Waals surface area contributed by atoms with Gasteiger partial charge in [-0.1, -0.05) is 23.9 Å². The molecule has 103 valence electrons. The van der Waals surface area contributed by atoms with Crippen LogP contribution < -0.4 is 0 Å². The van der Waals surface area contributed by atoms with E-state index in [1.807, 2.05) is 24.3 Å². The Bertz CT molecular complexity index is 388. The van der Waals surface area contributed by atoms with Gasteiger partial charge in [-0.2, -0.15) is 0 Å². The van der Waals surface area contributed by atoms with Crippen LogP contribution in [0.2, 0.25) is 0 Å². The molecule has 1 aromatic rings. The number of benzene rings is 1. The van der Waals surface area contributed by atoms with Crippen molar-refractivity contribution >= 4 is 18.0 Å². The maximum atomic E-state index is 11.3. The molecule has 19 heavy (non-hydrogen) atoms. The van der Waals surface area contributed by atoms with Crippen molar-refractivity contribution in [2.75, 3.05) is 26.2 Å². The smallest absolute Gasteiger partial charge is 0.147 e. The van der Waals surface area contributed by atoms with E-state index in [0.717, 1.165) is 37.4 Å². The molecule has 1 fully saturated rings. The first-order valence-corrected chi connectivity index (χ1v) is 7.65. The van der Waals surface area contributed by atoms with Crippen molar-refractivity contribution in [1.82, 2.24) is 9.80 Å². The molecule has 0 saturated carbocycles. The first-order chi connectivity index (χ1) is 9.20. The molecule has 1 aliphatic heterocycles. The molecule has 0 bridgehead atoms. The molecular formula is C15H21N2OS. The van der Waals surface area contributed by atoms with Crippen LogP contribution in [0.4, 0.5) is 0 Å². The van der Waals surface area contributed by atoms with Gasteiger partial charge in [-0.05, 0) is 32.0 Å². The molecule has 0 spiro atoms. The highest BCUT2D eigenvalue weighted by atomic mass is 32.2. The third-order valence-electron chi connectivity index (χ3n) is 3.50. The second-order valence-corrected chi connectivity index (χ2v) is 6.24. The number of hydrogen-bond acceptors (Lipinski definition) is 4. The fourth-order valence-electron chi connectivity index (χ4n) is 2.29. The Morgan fingerprint density at radius 3 is 2.26 bits per heavy atom. The second kappa shape index (κ2) is 7.08. The van der Waals surface area contributed by atoms with Crippen molar-refractivity contribution in [2.45, 2.75) is 30.2 Å². The summed E-state index contributed by atoms with van der Waals surface area (Å²) in [6.07, 6.45) is 1.06. The number of nitrogens with zero attached hydrogens (tertiary/aromatic N) is 2. The van der Waals surface area contributed by atoms with Crippen molar-refractivity contribution < 1.29 is 4.79 Å². The van der Waals surface area contributed by atoms with E-state index in [4.69, 9.17) is 0 Å². The van der Waals surface area contributed by atoms with Crippen LogP contribution in [0.25, 0.3) is 0 Å². The third-order valence-corrected chi connectivity index (χ3v) is 4.70. The minimum atomic E-state index is -0.0725. The van der Waals surface area contributed by atoms with Gasteiger partial charge in [0, 0.05) is 37.1 Å². The lowest BCUT2D eigenvalue weighted by molar-refractivity contribution is -0.110. The maximum Gasteiger partial charge on any atom is 0.147 e. The van der Waals surface area contributed by atoms with E-state index in [1.54, 1.807) is 11.8 Å². The number of aldehydes is 1. The van der Waals surface area contributed by atoms with Crippen molar-refractivity contribution in [2.24, 2.45) is 0 Å². The lowest BCUT2D eigenvalue weighted by Gasteiger charge is -2.38. The fraction of sp³-hybridized carbons (Fsp3) is 0.533. The molecule has 4 heteroatoms. The number of thioether (sulfide) groups is 1. The van der Waals surface area contributed by atoms with E-state index in [2.05, 4.69) is 29.7 Å². The SMILES string of the molecule is CC(C)N1CCN(C(C=O)Sc2cc[c]cc2)CC1. The average molecular weight is 277 g/mol. The highest BCUT2D eigenvalue weighted by Crippen LogP contribution is 2.25. The predicted octanol–water partition coefficient (Wildman–Crippen LogP) is 2.13. The van der Waals surface area contributed by atoms with Crippen molar-refractivity contribution in [3.05, 3.63) is 30.3 Å². The van der Waals surface area contributed by atoms with Gasteiger partial charge in [0.2, 0.25) is 0 Å². The zero-order valence-corrected chi connectivity index (χ0v) is 12.4. The van der Waals surface area contributed by atoms with E-state index in [-0.39, 0.29) is 5.37 Å². The Hall–Kier alpha value is -0.840. The number of carbonyl (C=O) groups is 1. The molecular weight excluding hydrogens is 256 g/mol. The molecule has 1 heterocycles. The molecule has 1 radical (unpaired) electrons.